The average molecular weight is 263 g/mol. The van der Waals surface area contributed by atoms with E-state index < -0.39 is 0 Å². The fraction of sp³-hybridized carbons (Fsp3) is 0.368. The zero-order valence-corrected chi connectivity index (χ0v) is 11.8. The minimum absolute atomic E-state index is 0.619. The molecule has 0 aliphatic carbocycles. The maximum Gasteiger partial charge on any atom is 0.0357 e. The van der Waals surface area contributed by atoms with Gasteiger partial charge in [-0.2, -0.15) is 0 Å². The van der Waals surface area contributed by atoms with Crippen LogP contribution in [0.25, 0.3) is 0 Å². The maximum atomic E-state index is 2.80. The van der Waals surface area contributed by atoms with Gasteiger partial charge in [-0.05, 0) is 36.8 Å². The minimum Gasteiger partial charge on any atom is -0.286 e. The molecule has 0 aromatic heterocycles. The van der Waals surface area contributed by atoms with E-state index in [2.05, 4.69) is 65.6 Å². The SMILES string of the molecule is c1ccc(C2CCC3CCC(c4ccccc4)N32)cc1. The molecule has 2 aromatic rings. The topological polar surface area (TPSA) is 3.24 Å². The van der Waals surface area contributed by atoms with Crippen molar-refractivity contribution in [3.8, 4) is 0 Å². The zero-order valence-electron chi connectivity index (χ0n) is 11.8. The van der Waals surface area contributed by atoms with Crippen LogP contribution < -0.4 is 0 Å². The Hall–Kier alpha value is -1.60. The molecule has 2 fully saturated rings. The number of nitrogens with zero attached hydrogens (tertiary/aromatic N) is 1. The Morgan fingerprint density at radius 1 is 0.600 bits per heavy atom. The average Bonchev–Trinajstić information content (AvgIpc) is 3.10. The van der Waals surface area contributed by atoms with Crippen LogP contribution in [0.15, 0.2) is 60.7 Å². The molecule has 0 bridgehead atoms. The second-order valence-corrected chi connectivity index (χ2v) is 6.11. The van der Waals surface area contributed by atoms with Gasteiger partial charge < -0.3 is 0 Å². The summed E-state index contributed by atoms with van der Waals surface area (Å²) in [6.07, 6.45) is 5.36. The van der Waals surface area contributed by atoms with Crippen molar-refractivity contribution in [3.63, 3.8) is 0 Å². The largest absolute Gasteiger partial charge is 0.286 e. The molecule has 2 saturated heterocycles. The highest BCUT2D eigenvalue weighted by molar-refractivity contribution is 5.26. The Morgan fingerprint density at radius 3 is 1.50 bits per heavy atom. The van der Waals surface area contributed by atoms with Crippen molar-refractivity contribution in [3.05, 3.63) is 71.8 Å². The molecule has 2 aliphatic rings. The first-order valence-corrected chi connectivity index (χ1v) is 7.81. The van der Waals surface area contributed by atoms with Crippen LogP contribution in [0.3, 0.4) is 0 Å². The summed E-state index contributed by atoms with van der Waals surface area (Å²) in [6, 6.07) is 24.2. The standard InChI is InChI=1S/C19H21N/c1-3-7-15(8-4-1)18-13-11-17-12-14-19(20(17)18)16-9-5-2-6-10-16/h1-10,17-19H,11-14H2. The molecule has 0 saturated carbocycles. The summed E-state index contributed by atoms with van der Waals surface area (Å²) in [6.45, 7) is 0. The van der Waals surface area contributed by atoms with Gasteiger partial charge in [-0.15, -0.1) is 0 Å². The molecule has 2 aliphatic heterocycles. The van der Waals surface area contributed by atoms with Crippen molar-refractivity contribution in [1.82, 2.24) is 4.90 Å². The normalized spacial score (nSPS) is 29.5. The molecular formula is C19H21N. The first-order chi connectivity index (χ1) is 9.93. The van der Waals surface area contributed by atoms with E-state index in [9.17, 15) is 0 Å². The Labute approximate surface area is 121 Å². The summed E-state index contributed by atoms with van der Waals surface area (Å²) in [5.74, 6) is 0. The highest BCUT2D eigenvalue weighted by Gasteiger charge is 2.43. The van der Waals surface area contributed by atoms with Gasteiger partial charge in [0.05, 0.1) is 0 Å². The van der Waals surface area contributed by atoms with E-state index in [1.165, 1.54) is 36.8 Å². The van der Waals surface area contributed by atoms with Crippen molar-refractivity contribution in [1.29, 1.82) is 0 Å². The second kappa shape index (κ2) is 5.06. The van der Waals surface area contributed by atoms with Gasteiger partial charge in [0.2, 0.25) is 0 Å². The highest BCUT2D eigenvalue weighted by Crippen LogP contribution is 2.49. The maximum absolute atomic E-state index is 2.80. The molecule has 1 heteroatoms. The molecule has 20 heavy (non-hydrogen) atoms. The lowest BCUT2D eigenvalue weighted by Gasteiger charge is -2.31. The molecule has 0 spiro atoms. The third kappa shape index (κ3) is 1.97. The van der Waals surface area contributed by atoms with Gasteiger partial charge in [0.25, 0.3) is 0 Å². The second-order valence-electron chi connectivity index (χ2n) is 6.11. The van der Waals surface area contributed by atoms with E-state index >= 15 is 0 Å². The van der Waals surface area contributed by atoms with Crippen LogP contribution in [-0.2, 0) is 0 Å². The van der Waals surface area contributed by atoms with E-state index in [0.29, 0.717) is 12.1 Å². The zero-order chi connectivity index (χ0) is 13.4. The molecule has 1 nitrogen and oxygen atoms in total. The molecule has 4 rings (SSSR count). The lowest BCUT2D eigenvalue weighted by atomic mass is 9.98. The molecule has 2 aromatic carbocycles. The van der Waals surface area contributed by atoms with Gasteiger partial charge in [-0.25, -0.2) is 0 Å². The molecule has 2 heterocycles. The minimum atomic E-state index is 0.619. The van der Waals surface area contributed by atoms with Crippen LogP contribution in [0.4, 0.5) is 0 Å². The number of benzene rings is 2. The van der Waals surface area contributed by atoms with Crippen LogP contribution in [-0.4, -0.2) is 10.9 Å². The quantitative estimate of drug-likeness (QED) is 0.757. The van der Waals surface area contributed by atoms with E-state index in [4.69, 9.17) is 0 Å². The lowest BCUT2D eigenvalue weighted by Crippen LogP contribution is -2.28. The number of rotatable bonds is 2. The van der Waals surface area contributed by atoms with Crippen molar-refractivity contribution >= 4 is 0 Å². The fourth-order valence-electron chi connectivity index (χ4n) is 4.20. The molecule has 0 N–H and O–H groups in total. The number of hydrogen-bond acceptors (Lipinski definition) is 1. The van der Waals surface area contributed by atoms with Gasteiger partial charge in [-0.3, -0.25) is 4.90 Å². The van der Waals surface area contributed by atoms with Crippen LogP contribution in [0.2, 0.25) is 0 Å². The Bertz CT molecular complexity index is 511. The number of fused-ring (bicyclic) bond motifs is 1. The van der Waals surface area contributed by atoms with Gasteiger partial charge in [0.15, 0.2) is 0 Å². The third-order valence-corrected chi connectivity index (χ3v) is 5.06. The summed E-state index contributed by atoms with van der Waals surface area (Å²) in [5.41, 5.74) is 3.00. The molecule has 2 atom stereocenters. The predicted molar refractivity (Wildman–Crippen MR) is 82.5 cm³/mol. The smallest absolute Gasteiger partial charge is 0.0357 e. The van der Waals surface area contributed by atoms with Gasteiger partial charge in [0, 0.05) is 18.1 Å². The Morgan fingerprint density at radius 2 is 1.05 bits per heavy atom. The van der Waals surface area contributed by atoms with Crippen molar-refractivity contribution in [2.75, 3.05) is 0 Å². The monoisotopic (exact) mass is 263 g/mol. The van der Waals surface area contributed by atoms with Crippen LogP contribution in [0.5, 0.6) is 0 Å². The lowest BCUT2D eigenvalue weighted by molar-refractivity contribution is 0.182. The summed E-state index contributed by atoms with van der Waals surface area (Å²) in [5, 5.41) is 0. The van der Waals surface area contributed by atoms with E-state index in [0.717, 1.165) is 6.04 Å². The molecule has 2 unspecified atom stereocenters. The van der Waals surface area contributed by atoms with Gasteiger partial charge in [0.1, 0.15) is 0 Å². The molecule has 0 radical (unpaired) electrons. The molecule has 102 valence electrons. The fourth-order valence-corrected chi connectivity index (χ4v) is 4.20. The van der Waals surface area contributed by atoms with Crippen molar-refractivity contribution in [2.24, 2.45) is 0 Å². The molecule has 0 amide bonds. The third-order valence-electron chi connectivity index (χ3n) is 5.06. The first-order valence-electron chi connectivity index (χ1n) is 7.81. The summed E-state index contributed by atoms with van der Waals surface area (Å²) in [7, 11) is 0. The van der Waals surface area contributed by atoms with Crippen LogP contribution in [0, 0.1) is 0 Å². The van der Waals surface area contributed by atoms with Crippen molar-refractivity contribution in [2.45, 2.75) is 43.8 Å². The summed E-state index contributed by atoms with van der Waals surface area (Å²) < 4.78 is 0. The van der Waals surface area contributed by atoms with E-state index in [1.54, 1.807) is 0 Å². The van der Waals surface area contributed by atoms with E-state index in [-0.39, 0.29) is 0 Å². The Balaban J connectivity index is 1.67. The van der Waals surface area contributed by atoms with Gasteiger partial charge in [-0.1, -0.05) is 60.7 Å². The van der Waals surface area contributed by atoms with Crippen LogP contribution in [0.1, 0.15) is 48.9 Å². The predicted octanol–water partition coefficient (Wildman–Crippen LogP) is 4.73. The summed E-state index contributed by atoms with van der Waals surface area (Å²) >= 11 is 0. The van der Waals surface area contributed by atoms with Gasteiger partial charge >= 0.3 is 0 Å². The van der Waals surface area contributed by atoms with Crippen molar-refractivity contribution < 1.29 is 0 Å². The highest BCUT2D eigenvalue weighted by atomic mass is 15.3. The summed E-state index contributed by atoms with van der Waals surface area (Å²) in [4.78, 5) is 2.80. The van der Waals surface area contributed by atoms with E-state index in [1.807, 2.05) is 0 Å². The van der Waals surface area contributed by atoms with Crippen LogP contribution >= 0.6 is 0 Å². The number of hydrogen-bond donors (Lipinski definition) is 0. The molecular weight excluding hydrogens is 242 g/mol. The first kappa shape index (κ1) is 12.2. The Kier molecular flexibility index (Phi) is 3.08.